The molecule has 0 saturated heterocycles. The zero-order valence-corrected chi connectivity index (χ0v) is 11.4. The van der Waals surface area contributed by atoms with Gasteiger partial charge in [0.1, 0.15) is 0 Å². The Bertz CT molecular complexity index is 500. The number of rotatable bonds is 6. The smallest absolute Gasteiger partial charge is 0.303 e. The number of carbonyl (C=O) groups excluding carboxylic acids is 2. The SMILES string of the molecule is CC1=C(CCC(=O)O)C(=O)C(C)=C(CCC(=O)O)C1=O. The van der Waals surface area contributed by atoms with Crippen LogP contribution in [0.15, 0.2) is 22.3 Å². The molecular weight excluding hydrogens is 264 g/mol. The maximum absolute atomic E-state index is 12.1. The number of carboxylic acids is 2. The molecule has 20 heavy (non-hydrogen) atoms. The lowest BCUT2D eigenvalue weighted by Gasteiger charge is -2.20. The molecule has 0 aromatic heterocycles. The second-order valence-corrected chi connectivity index (χ2v) is 4.65. The normalized spacial score (nSPS) is 15.9. The molecule has 1 aliphatic rings. The Kier molecular flexibility index (Phi) is 4.96. The molecule has 1 rings (SSSR count). The van der Waals surface area contributed by atoms with Gasteiger partial charge >= 0.3 is 11.9 Å². The summed E-state index contributed by atoms with van der Waals surface area (Å²) in [4.78, 5) is 45.4. The molecule has 0 atom stereocenters. The molecule has 0 heterocycles. The lowest BCUT2D eigenvalue weighted by molar-refractivity contribution is -0.138. The van der Waals surface area contributed by atoms with Gasteiger partial charge in [-0.25, -0.2) is 0 Å². The van der Waals surface area contributed by atoms with Crippen LogP contribution in [0.25, 0.3) is 0 Å². The van der Waals surface area contributed by atoms with Gasteiger partial charge in [-0.1, -0.05) is 0 Å². The number of allylic oxidation sites excluding steroid dienone is 4. The minimum atomic E-state index is -1.04. The molecular formula is C14H16O6. The van der Waals surface area contributed by atoms with Crippen LogP contribution in [-0.4, -0.2) is 33.7 Å². The highest BCUT2D eigenvalue weighted by Gasteiger charge is 2.30. The van der Waals surface area contributed by atoms with Crippen LogP contribution >= 0.6 is 0 Å². The average molecular weight is 280 g/mol. The van der Waals surface area contributed by atoms with Gasteiger partial charge in [0.15, 0.2) is 11.6 Å². The topological polar surface area (TPSA) is 109 Å². The number of carboxylic acid groups (broad SMARTS) is 2. The predicted octanol–water partition coefficient (Wildman–Crippen LogP) is 1.50. The number of ketones is 2. The molecule has 0 fully saturated rings. The summed E-state index contributed by atoms with van der Waals surface area (Å²) >= 11 is 0. The zero-order chi connectivity index (χ0) is 15.4. The highest BCUT2D eigenvalue weighted by molar-refractivity contribution is 6.24. The lowest BCUT2D eigenvalue weighted by Crippen LogP contribution is -2.23. The highest BCUT2D eigenvalue weighted by Crippen LogP contribution is 2.29. The number of carbonyl (C=O) groups is 4. The molecule has 0 aliphatic heterocycles. The molecule has 6 nitrogen and oxygen atoms in total. The standard InChI is InChI=1S/C14H16O6/c1-7-9(3-5-11(15)16)14(20)8(2)10(13(7)19)4-6-12(17)18/h3-6H2,1-2H3,(H,15,16)(H,17,18). The summed E-state index contributed by atoms with van der Waals surface area (Å²) in [6.45, 7) is 2.95. The molecule has 108 valence electrons. The van der Waals surface area contributed by atoms with Gasteiger partial charge in [0.2, 0.25) is 0 Å². The van der Waals surface area contributed by atoms with Crippen molar-refractivity contribution >= 4 is 23.5 Å². The van der Waals surface area contributed by atoms with E-state index in [0.717, 1.165) is 0 Å². The van der Waals surface area contributed by atoms with Crippen LogP contribution in [0.2, 0.25) is 0 Å². The third-order valence-corrected chi connectivity index (χ3v) is 3.31. The van der Waals surface area contributed by atoms with Crippen molar-refractivity contribution in [3.05, 3.63) is 22.3 Å². The van der Waals surface area contributed by atoms with Crippen LogP contribution in [-0.2, 0) is 19.2 Å². The summed E-state index contributed by atoms with van der Waals surface area (Å²) in [5.74, 6) is -2.79. The summed E-state index contributed by atoms with van der Waals surface area (Å²) < 4.78 is 0. The van der Waals surface area contributed by atoms with E-state index in [9.17, 15) is 19.2 Å². The van der Waals surface area contributed by atoms with Crippen molar-refractivity contribution < 1.29 is 29.4 Å². The van der Waals surface area contributed by atoms with E-state index in [0.29, 0.717) is 0 Å². The van der Waals surface area contributed by atoms with E-state index in [2.05, 4.69) is 0 Å². The average Bonchev–Trinajstić information content (AvgIpc) is 2.35. The molecule has 2 N–H and O–H groups in total. The van der Waals surface area contributed by atoms with Crippen LogP contribution in [0.4, 0.5) is 0 Å². The summed E-state index contributed by atoms with van der Waals surface area (Å²) in [6.07, 6.45) is -0.419. The second-order valence-electron chi connectivity index (χ2n) is 4.65. The largest absolute Gasteiger partial charge is 0.481 e. The Morgan fingerprint density at radius 2 is 1.10 bits per heavy atom. The van der Waals surface area contributed by atoms with E-state index in [1.54, 1.807) is 0 Å². The Morgan fingerprint density at radius 3 is 1.35 bits per heavy atom. The van der Waals surface area contributed by atoms with Crippen LogP contribution in [0.3, 0.4) is 0 Å². The van der Waals surface area contributed by atoms with Gasteiger partial charge in [0.25, 0.3) is 0 Å². The van der Waals surface area contributed by atoms with Crippen LogP contribution < -0.4 is 0 Å². The fourth-order valence-electron chi connectivity index (χ4n) is 2.13. The first kappa shape index (κ1) is 15.8. The molecule has 0 aromatic rings. The van der Waals surface area contributed by atoms with E-state index in [1.807, 2.05) is 0 Å². The van der Waals surface area contributed by atoms with Crippen molar-refractivity contribution in [2.45, 2.75) is 39.5 Å². The minimum Gasteiger partial charge on any atom is -0.481 e. The quantitative estimate of drug-likeness (QED) is 0.714. The lowest BCUT2D eigenvalue weighted by atomic mass is 9.82. The van der Waals surface area contributed by atoms with E-state index >= 15 is 0 Å². The summed E-state index contributed by atoms with van der Waals surface area (Å²) in [6, 6.07) is 0. The zero-order valence-electron chi connectivity index (χ0n) is 11.4. The van der Waals surface area contributed by atoms with Crippen molar-refractivity contribution in [2.24, 2.45) is 0 Å². The highest BCUT2D eigenvalue weighted by atomic mass is 16.4. The molecule has 6 heteroatoms. The Labute approximate surface area is 115 Å². The maximum Gasteiger partial charge on any atom is 0.303 e. The van der Waals surface area contributed by atoms with Gasteiger partial charge in [0.05, 0.1) is 0 Å². The van der Waals surface area contributed by atoms with Crippen LogP contribution in [0.1, 0.15) is 39.5 Å². The van der Waals surface area contributed by atoms with E-state index in [1.165, 1.54) is 13.8 Å². The second kappa shape index (κ2) is 6.27. The molecule has 0 radical (unpaired) electrons. The molecule has 0 amide bonds. The number of Topliss-reactive ketones (excluding diaryl/α,β-unsaturated/α-hetero) is 2. The molecule has 0 aromatic carbocycles. The van der Waals surface area contributed by atoms with Gasteiger partial charge < -0.3 is 10.2 Å². The Balaban J connectivity index is 3.01. The first-order valence-corrected chi connectivity index (χ1v) is 6.18. The summed E-state index contributed by atoms with van der Waals surface area (Å²) in [7, 11) is 0. The van der Waals surface area contributed by atoms with Gasteiger partial charge in [0, 0.05) is 35.1 Å². The Morgan fingerprint density at radius 1 is 0.800 bits per heavy atom. The third-order valence-electron chi connectivity index (χ3n) is 3.31. The minimum absolute atomic E-state index is 0.00922. The van der Waals surface area contributed by atoms with Gasteiger partial charge in [-0.3, -0.25) is 19.2 Å². The number of hydrogen-bond acceptors (Lipinski definition) is 4. The third kappa shape index (κ3) is 3.40. The van der Waals surface area contributed by atoms with Gasteiger partial charge in [-0.2, -0.15) is 0 Å². The van der Waals surface area contributed by atoms with Crippen molar-refractivity contribution in [3.63, 3.8) is 0 Å². The summed E-state index contributed by atoms with van der Waals surface area (Å²) in [5.41, 5.74) is 0.882. The van der Waals surface area contributed by atoms with Crippen molar-refractivity contribution in [3.8, 4) is 0 Å². The fourth-order valence-corrected chi connectivity index (χ4v) is 2.13. The first-order chi connectivity index (χ1) is 9.25. The monoisotopic (exact) mass is 280 g/mol. The summed E-state index contributed by atoms with van der Waals surface area (Å²) in [5, 5.41) is 17.3. The fraction of sp³-hybridized carbons (Fsp3) is 0.429. The van der Waals surface area contributed by atoms with E-state index in [4.69, 9.17) is 10.2 Å². The Hall–Kier alpha value is -2.24. The van der Waals surface area contributed by atoms with E-state index in [-0.39, 0.29) is 59.5 Å². The van der Waals surface area contributed by atoms with Crippen LogP contribution in [0, 0.1) is 0 Å². The van der Waals surface area contributed by atoms with Gasteiger partial charge in [-0.15, -0.1) is 0 Å². The number of aliphatic carboxylic acids is 2. The van der Waals surface area contributed by atoms with E-state index < -0.39 is 11.9 Å². The van der Waals surface area contributed by atoms with Crippen molar-refractivity contribution in [1.29, 1.82) is 0 Å². The number of hydrogen-bond donors (Lipinski definition) is 2. The molecule has 0 bridgehead atoms. The molecule has 1 aliphatic carbocycles. The van der Waals surface area contributed by atoms with Crippen molar-refractivity contribution in [2.75, 3.05) is 0 Å². The molecule has 0 unspecified atom stereocenters. The predicted molar refractivity (Wildman–Crippen MR) is 69.2 cm³/mol. The van der Waals surface area contributed by atoms with Gasteiger partial charge in [-0.05, 0) is 26.7 Å². The first-order valence-electron chi connectivity index (χ1n) is 6.18. The molecule has 0 spiro atoms. The maximum atomic E-state index is 12.1. The van der Waals surface area contributed by atoms with Crippen LogP contribution in [0.5, 0.6) is 0 Å². The molecule has 0 saturated carbocycles. The van der Waals surface area contributed by atoms with Crippen molar-refractivity contribution in [1.82, 2.24) is 0 Å².